The molecule has 2 nitrogen and oxygen atoms in total. The van der Waals surface area contributed by atoms with Crippen LogP contribution in [0.25, 0.3) is 5.57 Å². The molecule has 78 valence electrons. The topological polar surface area (TPSA) is 29.1 Å². The van der Waals surface area contributed by atoms with Gasteiger partial charge in [0.05, 0.1) is 6.42 Å². The maximum atomic E-state index is 11.2. The Bertz CT molecular complexity index is 426. The molecule has 1 aromatic carbocycles. The van der Waals surface area contributed by atoms with Gasteiger partial charge in [0.25, 0.3) is 0 Å². The molecule has 1 aliphatic heterocycles. The van der Waals surface area contributed by atoms with E-state index in [1.54, 1.807) is 11.8 Å². The largest absolute Gasteiger partial charge is 0.326 e. The summed E-state index contributed by atoms with van der Waals surface area (Å²) in [6.07, 6.45) is 2.55. The number of nitrogens with one attached hydrogen (secondary N) is 1. The summed E-state index contributed by atoms with van der Waals surface area (Å²) in [4.78, 5) is 11.2. The number of hydrogen-bond acceptors (Lipinski definition) is 2. The Morgan fingerprint density at radius 3 is 3.13 bits per heavy atom. The number of anilines is 1. The Morgan fingerprint density at radius 1 is 1.60 bits per heavy atom. The van der Waals surface area contributed by atoms with Gasteiger partial charge >= 0.3 is 0 Å². The van der Waals surface area contributed by atoms with Crippen molar-refractivity contribution in [3.63, 3.8) is 0 Å². The van der Waals surface area contributed by atoms with E-state index in [1.165, 1.54) is 0 Å². The van der Waals surface area contributed by atoms with Crippen LogP contribution >= 0.6 is 11.8 Å². The van der Waals surface area contributed by atoms with Crippen LogP contribution in [0.1, 0.15) is 11.1 Å². The third-order valence-electron chi connectivity index (χ3n) is 2.46. The van der Waals surface area contributed by atoms with Gasteiger partial charge in [-0.3, -0.25) is 4.79 Å². The van der Waals surface area contributed by atoms with E-state index in [0.29, 0.717) is 6.42 Å². The van der Waals surface area contributed by atoms with Crippen molar-refractivity contribution in [3.05, 3.63) is 35.9 Å². The molecule has 0 aromatic heterocycles. The smallest absolute Gasteiger partial charge is 0.228 e. The predicted molar refractivity (Wildman–Crippen MR) is 66.2 cm³/mol. The molecule has 0 saturated carbocycles. The summed E-state index contributed by atoms with van der Waals surface area (Å²) in [5.41, 5.74) is 4.28. The van der Waals surface area contributed by atoms with E-state index in [4.69, 9.17) is 0 Å². The molecule has 1 amide bonds. The monoisotopic (exact) mass is 219 g/mol. The van der Waals surface area contributed by atoms with Crippen molar-refractivity contribution in [2.24, 2.45) is 0 Å². The Labute approximate surface area is 93.8 Å². The van der Waals surface area contributed by atoms with Gasteiger partial charge in [0.2, 0.25) is 5.91 Å². The first kappa shape index (κ1) is 10.3. The van der Waals surface area contributed by atoms with E-state index in [-0.39, 0.29) is 5.91 Å². The summed E-state index contributed by atoms with van der Waals surface area (Å²) in [7, 11) is 0. The molecule has 1 N–H and O–H groups in total. The zero-order valence-corrected chi connectivity index (χ0v) is 9.49. The molecule has 0 saturated heterocycles. The van der Waals surface area contributed by atoms with Gasteiger partial charge in [-0.25, -0.2) is 0 Å². The average molecular weight is 219 g/mol. The predicted octanol–water partition coefficient (Wildman–Crippen LogP) is 2.56. The number of hydrogen-bond donors (Lipinski definition) is 1. The van der Waals surface area contributed by atoms with Crippen LogP contribution in [0.5, 0.6) is 0 Å². The van der Waals surface area contributed by atoms with Crippen molar-refractivity contribution in [3.8, 4) is 0 Å². The summed E-state index contributed by atoms with van der Waals surface area (Å²) < 4.78 is 0. The molecule has 0 atom stereocenters. The molecular weight excluding hydrogens is 206 g/mol. The van der Waals surface area contributed by atoms with Crippen molar-refractivity contribution in [2.75, 3.05) is 17.3 Å². The number of benzene rings is 1. The number of carbonyl (C=O) groups excluding carboxylic acids is 1. The molecule has 1 heterocycles. The van der Waals surface area contributed by atoms with E-state index in [2.05, 4.69) is 24.2 Å². The molecule has 15 heavy (non-hydrogen) atoms. The van der Waals surface area contributed by atoms with E-state index in [1.807, 2.05) is 12.1 Å². The van der Waals surface area contributed by atoms with Gasteiger partial charge in [-0.05, 0) is 35.1 Å². The Balaban J connectivity index is 2.27. The minimum atomic E-state index is 0.0811. The second-order valence-corrected chi connectivity index (χ2v) is 4.50. The van der Waals surface area contributed by atoms with Gasteiger partial charge in [0, 0.05) is 11.4 Å². The fraction of sp³-hybridized carbons (Fsp3) is 0.250. The van der Waals surface area contributed by atoms with Gasteiger partial charge < -0.3 is 5.32 Å². The van der Waals surface area contributed by atoms with E-state index in [0.717, 1.165) is 28.1 Å². The van der Waals surface area contributed by atoms with Crippen LogP contribution in [0.3, 0.4) is 0 Å². The second kappa shape index (κ2) is 4.11. The molecular formula is C12H13NOS. The maximum Gasteiger partial charge on any atom is 0.228 e. The molecule has 3 heteroatoms. The van der Waals surface area contributed by atoms with Crippen LogP contribution in [-0.4, -0.2) is 17.9 Å². The fourth-order valence-electron chi connectivity index (χ4n) is 1.71. The van der Waals surface area contributed by atoms with Crippen molar-refractivity contribution in [1.29, 1.82) is 0 Å². The molecule has 0 unspecified atom stereocenters. The van der Waals surface area contributed by atoms with Crippen molar-refractivity contribution >= 4 is 28.9 Å². The van der Waals surface area contributed by atoms with E-state index < -0.39 is 0 Å². The molecule has 0 bridgehead atoms. The summed E-state index contributed by atoms with van der Waals surface area (Å²) >= 11 is 1.76. The maximum absolute atomic E-state index is 11.2. The Kier molecular flexibility index (Phi) is 2.82. The minimum absolute atomic E-state index is 0.0811. The standard InChI is InChI=1S/C12H13NOS/c1-8(7-15-2)9-3-4-11-10(5-9)6-12(14)13-11/h3-5H,1,6-7H2,2H3,(H,13,14). The lowest BCUT2D eigenvalue weighted by Gasteiger charge is -2.06. The van der Waals surface area contributed by atoms with Crippen molar-refractivity contribution in [2.45, 2.75) is 6.42 Å². The normalized spacial score (nSPS) is 13.5. The lowest BCUT2D eigenvalue weighted by atomic mass is 10.0. The molecule has 2 rings (SSSR count). The van der Waals surface area contributed by atoms with Crippen LogP contribution in [-0.2, 0) is 11.2 Å². The first-order valence-corrected chi connectivity index (χ1v) is 6.20. The van der Waals surface area contributed by atoms with Gasteiger partial charge in [-0.15, -0.1) is 0 Å². The highest BCUT2D eigenvalue weighted by Gasteiger charge is 2.17. The highest BCUT2D eigenvalue weighted by Crippen LogP contribution is 2.27. The Morgan fingerprint density at radius 2 is 2.40 bits per heavy atom. The minimum Gasteiger partial charge on any atom is -0.326 e. The van der Waals surface area contributed by atoms with Crippen LogP contribution in [0.15, 0.2) is 24.8 Å². The van der Waals surface area contributed by atoms with Gasteiger partial charge in [-0.2, -0.15) is 11.8 Å². The molecule has 0 fully saturated rings. The molecule has 0 aliphatic carbocycles. The van der Waals surface area contributed by atoms with E-state index in [9.17, 15) is 4.79 Å². The number of fused-ring (bicyclic) bond motifs is 1. The Hall–Kier alpha value is -1.22. The van der Waals surface area contributed by atoms with E-state index >= 15 is 0 Å². The quantitative estimate of drug-likeness (QED) is 0.846. The van der Waals surface area contributed by atoms with Crippen LogP contribution in [0.2, 0.25) is 0 Å². The highest BCUT2D eigenvalue weighted by molar-refractivity contribution is 7.99. The first-order chi connectivity index (χ1) is 7.20. The number of thioether (sulfide) groups is 1. The number of amides is 1. The van der Waals surface area contributed by atoms with Crippen LogP contribution in [0, 0.1) is 0 Å². The SMILES string of the molecule is C=C(CSC)c1ccc2c(c1)CC(=O)N2. The average Bonchev–Trinajstić information content (AvgIpc) is 2.57. The summed E-state index contributed by atoms with van der Waals surface area (Å²) in [6.45, 7) is 4.03. The second-order valence-electron chi connectivity index (χ2n) is 3.63. The summed E-state index contributed by atoms with van der Waals surface area (Å²) in [5, 5.41) is 2.82. The van der Waals surface area contributed by atoms with Crippen LogP contribution < -0.4 is 5.32 Å². The van der Waals surface area contributed by atoms with Crippen molar-refractivity contribution in [1.82, 2.24) is 0 Å². The van der Waals surface area contributed by atoms with Gasteiger partial charge in [0.15, 0.2) is 0 Å². The van der Waals surface area contributed by atoms with Gasteiger partial charge in [-0.1, -0.05) is 12.6 Å². The molecule has 1 aliphatic rings. The molecule has 0 spiro atoms. The molecule has 0 radical (unpaired) electrons. The molecule has 1 aromatic rings. The number of rotatable bonds is 3. The van der Waals surface area contributed by atoms with Crippen molar-refractivity contribution < 1.29 is 4.79 Å². The zero-order chi connectivity index (χ0) is 10.8. The fourth-order valence-corrected chi connectivity index (χ4v) is 2.22. The third kappa shape index (κ3) is 2.07. The summed E-state index contributed by atoms with van der Waals surface area (Å²) in [6, 6.07) is 6.04. The zero-order valence-electron chi connectivity index (χ0n) is 8.67. The summed E-state index contributed by atoms with van der Waals surface area (Å²) in [5.74, 6) is 1.01. The lowest BCUT2D eigenvalue weighted by Crippen LogP contribution is -2.03. The van der Waals surface area contributed by atoms with Gasteiger partial charge in [0.1, 0.15) is 0 Å². The highest BCUT2D eigenvalue weighted by atomic mass is 32.2. The first-order valence-electron chi connectivity index (χ1n) is 4.80. The lowest BCUT2D eigenvalue weighted by molar-refractivity contribution is -0.115. The van der Waals surface area contributed by atoms with Crippen LogP contribution in [0.4, 0.5) is 5.69 Å². The third-order valence-corrected chi connectivity index (χ3v) is 3.09. The number of carbonyl (C=O) groups is 1.